The lowest BCUT2D eigenvalue weighted by Crippen LogP contribution is -2.44. The van der Waals surface area contributed by atoms with E-state index in [1.165, 1.54) is 14.1 Å². The largest absolute Gasteiger partial charge is 0.442 e. The first-order chi connectivity index (χ1) is 19.6. The normalized spacial score (nSPS) is 12.2. The molecule has 0 saturated heterocycles. The molecule has 0 bridgehead atoms. The Labute approximate surface area is 254 Å². The average molecular weight is 609 g/mol. The number of imide groups is 1. The van der Waals surface area contributed by atoms with Crippen LogP contribution in [0.25, 0.3) is 0 Å². The summed E-state index contributed by atoms with van der Waals surface area (Å²) in [4.78, 5) is 73.5. The van der Waals surface area contributed by atoms with E-state index in [0.717, 1.165) is 17.1 Å². The van der Waals surface area contributed by atoms with E-state index in [0.29, 0.717) is 24.4 Å². The van der Waals surface area contributed by atoms with Gasteiger partial charge in [-0.05, 0) is 31.7 Å². The van der Waals surface area contributed by atoms with Gasteiger partial charge in [-0.1, -0.05) is 33.9 Å². The molecule has 1 unspecified atom stereocenters. The quantitative estimate of drug-likeness (QED) is 0.128. The zero-order valence-electron chi connectivity index (χ0n) is 23.9. The Morgan fingerprint density at radius 2 is 1.49 bits per heavy atom. The summed E-state index contributed by atoms with van der Waals surface area (Å²) >= 11 is 0. The van der Waals surface area contributed by atoms with Crippen LogP contribution in [0.15, 0.2) is 36.4 Å². The van der Waals surface area contributed by atoms with E-state index in [-0.39, 0.29) is 71.7 Å². The molecule has 0 radical (unpaired) electrons. The van der Waals surface area contributed by atoms with Crippen molar-refractivity contribution in [1.82, 2.24) is 25.8 Å². The van der Waals surface area contributed by atoms with Crippen molar-refractivity contribution in [3.8, 4) is 5.75 Å². The van der Waals surface area contributed by atoms with Crippen molar-refractivity contribution in [1.29, 1.82) is 0 Å². The van der Waals surface area contributed by atoms with Gasteiger partial charge in [-0.25, -0.2) is 4.79 Å². The predicted molar refractivity (Wildman–Crippen MR) is 163 cm³/mol. The van der Waals surface area contributed by atoms with Gasteiger partial charge in [-0.15, -0.1) is 0 Å². The fraction of sp³-hybridized carbons (Fsp3) is 0.517. The van der Waals surface area contributed by atoms with Crippen molar-refractivity contribution in [2.24, 2.45) is 5.73 Å². The molecule has 0 fully saturated rings. The maximum absolute atomic E-state index is 12.3. The first kappa shape index (κ1) is 40.8. The third-order valence-corrected chi connectivity index (χ3v) is 5.71. The molecule has 0 spiro atoms. The highest BCUT2D eigenvalue weighted by molar-refractivity contribution is 6.13. The Morgan fingerprint density at radius 3 is 2.02 bits per heavy atom. The number of rotatable bonds is 15. The minimum atomic E-state index is -0.641. The topological polar surface area (TPSA) is 189 Å². The first-order valence-corrected chi connectivity index (χ1v) is 13.2. The van der Waals surface area contributed by atoms with E-state index in [2.05, 4.69) is 21.7 Å². The van der Waals surface area contributed by atoms with Crippen molar-refractivity contribution in [2.45, 2.75) is 47.6 Å². The minimum Gasteiger partial charge on any atom is -0.442 e. The molecular formula is C29H48N6O8. The third-order valence-electron chi connectivity index (χ3n) is 5.71. The number of nitrogens with two attached hydrogens (primary N) is 1. The van der Waals surface area contributed by atoms with Gasteiger partial charge in [0, 0.05) is 64.8 Å². The van der Waals surface area contributed by atoms with Crippen molar-refractivity contribution < 1.29 is 38.2 Å². The van der Waals surface area contributed by atoms with Crippen LogP contribution in [0.5, 0.6) is 5.75 Å². The molecule has 1 aliphatic rings. The molecule has 1 aliphatic heterocycles. The monoisotopic (exact) mass is 608 g/mol. The number of alkyl carbamates (subject to hydrolysis) is 1. The number of hydrogen-bond donors (Lipinski definition) is 4. The van der Waals surface area contributed by atoms with Crippen LogP contribution in [-0.2, 0) is 28.7 Å². The van der Waals surface area contributed by atoms with Crippen LogP contribution in [0.4, 0.5) is 4.79 Å². The van der Waals surface area contributed by atoms with Gasteiger partial charge >= 0.3 is 12.1 Å². The van der Waals surface area contributed by atoms with Crippen LogP contribution < -0.4 is 26.4 Å². The lowest BCUT2D eigenvalue weighted by Gasteiger charge is -2.22. The zero-order chi connectivity index (χ0) is 30.8. The van der Waals surface area contributed by atoms with Gasteiger partial charge in [0.15, 0.2) is 0 Å². The van der Waals surface area contributed by atoms with Crippen molar-refractivity contribution in [3.05, 3.63) is 42.0 Å². The number of likely N-dealkylation sites (N-methyl/N-ethyl adjacent to an activating group) is 1. The second kappa shape index (κ2) is 22.3. The summed E-state index contributed by atoms with van der Waals surface area (Å²) in [6.07, 6.45) is 1.35. The highest BCUT2D eigenvalue weighted by Crippen LogP contribution is 2.20. The lowest BCUT2D eigenvalue weighted by atomic mass is 10.1. The molecule has 5 amide bonds. The van der Waals surface area contributed by atoms with Crippen LogP contribution in [0.1, 0.15) is 53.2 Å². The summed E-state index contributed by atoms with van der Waals surface area (Å²) < 4.78 is 10.5. The van der Waals surface area contributed by atoms with Crippen molar-refractivity contribution >= 4 is 35.7 Å². The van der Waals surface area contributed by atoms with E-state index < -0.39 is 24.0 Å². The van der Waals surface area contributed by atoms with Gasteiger partial charge in [-0.3, -0.25) is 33.8 Å². The van der Waals surface area contributed by atoms with Gasteiger partial charge in [0.05, 0.1) is 6.54 Å². The first-order valence-electron chi connectivity index (χ1n) is 13.2. The molecule has 2 rings (SSSR count). The summed E-state index contributed by atoms with van der Waals surface area (Å²) in [5.74, 6) is -1.40. The third kappa shape index (κ3) is 15.5. The molecule has 1 aromatic rings. The standard InChI is InChI=1S/C26H35N5O8.CH5N.2CH4/c1-4-25(36)39-20-7-5-19(6-8-20)18(2)38-26(37)29-13-16-30(17-22(33)27-3)15-12-28-21(32)11-14-31-23(34)9-10-24(31)35;1-2;;/h5-10,18H,4,11-17H2,1-3H3,(H,27,33)(H,28,32)(H,29,37);2H2,1H3;2*1H4. The van der Waals surface area contributed by atoms with Gasteiger partial charge in [0.2, 0.25) is 11.8 Å². The fourth-order valence-electron chi connectivity index (χ4n) is 3.46. The van der Waals surface area contributed by atoms with Crippen LogP contribution in [0.3, 0.4) is 0 Å². The number of carbonyl (C=O) groups excluding carboxylic acids is 6. The summed E-state index contributed by atoms with van der Waals surface area (Å²) in [6, 6.07) is 6.65. The number of nitrogens with one attached hydrogen (secondary N) is 3. The Kier molecular flexibility index (Phi) is 21.2. The smallest absolute Gasteiger partial charge is 0.407 e. The van der Waals surface area contributed by atoms with Crippen LogP contribution in [0, 0.1) is 0 Å². The maximum atomic E-state index is 12.3. The second-order valence-electron chi connectivity index (χ2n) is 8.58. The molecule has 0 aliphatic carbocycles. The van der Waals surface area contributed by atoms with E-state index in [1.54, 1.807) is 43.0 Å². The Morgan fingerprint density at radius 1 is 0.930 bits per heavy atom. The summed E-state index contributed by atoms with van der Waals surface area (Å²) in [7, 11) is 3.01. The molecule has 242 valence electrons. The molecule has 1 aromatic carbocycles. The number of esters is 1. The molecule has 14 heteroatoms. The fourth-order valence-corrected chi connectivity index (χ4v) is 3.46. The summed E-state index contributed by atoms with van der Waals surface area (Å²) in [5, 5.41) is 7.87. The van der Waals surface area contributed by atoms with Gasteiger partial charge < -0.3 is 31.2 Å². The van der Waals surface area contributed by atoms with Crippen LogP contribution >= 0.6 is 0 Å². The zero-order valence-corrected chi connectivity index (χ0v) is 23.9. The average Bonchev–Trinajstić information content (AvgIpc) is 3.29. The van der Waals surface area contributed by atoms with Crippen molar-refractivity contribution in [2.75, 3.05) is 53.4 Å². The van der Waals surface area contributed by atoms with E-state index >= 15 is 0 Å². The molecule has 5 N–H and O–H groups in total. The molecule has 43 heavy (non-hydrogen) atoms. The Bertz CT molecular complexity index is 1060. The number of amides is 5. The van der Waals surface area contributed by atoms with Crippen LogP contribution in [0.2, 0.25) is 0 Å². The van der Waals surface area contributed by atoms with E-state index in [9.17, 15) is 28.8 Å². The Balaban J connectivity index is 0. The number of benzene rings is 1. The highest BCUT2D eigenvalue weighted by Gasteiger charge is 2.23. The lowest BCUT2D eigenvalue weighted by molar-refractivity contribution is -0.137. The molecule has 0 aromatic heterocycles. The van der Waals surface area contributed by atoms with Gasteiger partial charge in [0.1, 0.15) is 11.9 Å². The van der Waals surface area contributed by atoms with E-state index in [4.69, 9.17) is 9.47 Å². The number of nitrogens with zero attached hydrogens (tertiary/aromatic N) is 2. The molecule has 1 heterocycles. The summed E-state index contributed by atoms with van der Waals surface area (Å²) in [5.41, 5.74) is 5.22. The highest BCUT2D eigenvalue weighted by atomic mass is 16.6. The molecule has 14 nitrogen and oxygen atoms in total. The number of hydrogen-bond acceptors (Lipinski definition) is 10. The van der Waals surface area contributed by atoms with Crippen molar-refractivity contribution in [3.63, 3.8) is 0 Å². The molecule has 0 saturated carbocycles. The summed E-state index contributed by atoms with van der Waals surface area (Å²) in [6.45, 7) is 4.49. The minimum absolute atomic E-state index is 0. The van der Waals surface area contributed by atoms with Crippen LogP contribution in [-0.4, -0.2) is 98.9 Å². The molecule has 1 atom stereocenters. The van der Waals surface area contributed by atoms with Gasteiger partial charge in [-0.2, -0.15) is 0 Å². The SMILES string of the molecule is C.C.CCC(=O)Oc1ccc(C(C)OC(=O)NCCN(CCNC(=O)CCN2C(=O)C=CC2=O)CC(=O)NC)cc1.CN. The number of ether oxygens (including phenoxy) is 2. The Hall–Kier alpha value is -4.30. The van der Waals surface area contributed by atoms with E-state index in [1.807, 2.05) is 0 Å². The van der Waals surface area contributed by atoms with Gasteiger partial charge in [0.25, 0.3) is 11.8 Å². The second-order valence-corrected chi connectivity index (χ2v) is 8.58. The predicted octanol–water partition coefficient (Wildman–Crippen LogP) is 1.12. The molecular weight excluding hydrogens is 560 g/mol. The maximum Gasteiger partial charge on any atom is 0.407 e. The number of carbonyl (C=O) groups is 6.